The van der Waals surface area contributed by atoms with Crippen LogP contribution in [-0.4, -0.2) is 24.7 Å². The maximum absolute atomic E-state index is 10.7. The third-order valence-electron chi connectivity index (χ3n) is 2.73. The Kier molecular flexibility index (Phi) is 2.92. The van der Waals surface area contributed by atoms with Gasteiger partial charge in [-0.3, -0.25) is 4.79 Å². The van der Waals surface area contributed by atoms with Crippen LogP contribution in [0, 0.1) is 0 Å². The summed E-state index contributed by atoms with van der Waals surface area (Å²) in [5, 5.41) is 12.5. The number of halogens is 1. The van der Waals surface area contributed by atoms with Gasteiger partial charge in [0.25, 0.3) is 0 Å². The highest BCUT2D eigenvalue weighted by Crippen LogP contribution is 2.44. The lowest BCUT2D eigenvalue weighted by atomic mass is 9.97. The highest BCUT2D eigenvalue weighted by molar-refractivity contribution is 6.32. The lowest BCUT2D eigenvalue weighted by Gasteiger charge is -2.11. The van der Waals surface area contributed by atoms with Crippen LogP contribution >= 0.6 is 11.6 Å². The summed E-state index contributed by atoms with van der Waals surface area (Å²) in [5.74, 6) is -0.207. The second kappa shape index (κ2) is 4.22. The zero-order chi connectivity index (χ0) is 11.7. The minimum Gasteiger partial charge on any atom is -0.495 e. The number of methoxy groups -OCH3 is 1. The molecule has 1 aliphatic heterocycles. The molecule has 0 aromatic heterocycles. The maximum atomic E-state index is 10.7. The van der Waals surface area contributed by atoms with E-state index in [1.54, 1.807) is 19.2 Å². The summed E-state index contributed by atoms with van der Waals surface area (Å²) in [5.41, 5.74) is 1.67. The molecule has 2 rings (SSSR count). The number of benzene rings is 1. The molecule has 0 fully saturated rings. The molecule has 1 heterocycles. The van der Waals surface area contributed by atoms with Gasteiger partial charge < -0.3 is 15.2 Å². The van der Waals surface area contributed by atoms with Gasteiger partial charge in [0.05, 0.1) is 19.2 Å². The van der Waals surface area contributed by atoms with Crippen molar-refractivity contribution in [2.24, 2.45) is 0 Å². The molecular formula is C11H12ClNO3. The fourth-order valence-corrected chi connectivity index (χ4v) is 2.35. The van der Waals surface area contributed by atoms with Gasteiger partial charge in [0.2, 0.25) is 0 Å². The second-order valence-corrected chi connectivity index (χ2v) is 4.12. The van der Waals surface area contributed by atoms with E-state index >= 15 is 0 Å². The monoisotopic (exact) mass is 241 g/mol. The van der Waals surface area contributed by atoms with Crippen molar-refractivity contribution in [1.29, 1.82) is 0 Å². The Bertz CT molecular complexity index is 433. The quantitative estimate of drug-likeness (QED) is 0.853. The molecule has 1 aliphatic rings. The van der Waals surface area contributed by atoms with Gasteiger partial charge in [-0.1, -0.05) is 11.6 Å². The van der Waals surface area contributed by atoms with Crippen molar-refractivity contribution in [3.8, 4) is 5.75 Å². The first-order valence-electron chi connectivity index (χ1n) is 4.95. The molecule has 1 aromatic carbocycles. The van der Waals surface area contributed by atoms with E-state index in [0.29, 0.717) is 17.3 Å². The Balaban J connectivity index is 2.41. The molecule has 0 saturated carbocycles. The molecule has 1 aromatic rings. The SMILES string of the molecule is COc1ccc(Cl)c2c1NCC2CC(=O)O. The molecule has 2 N–H and O–H groups in total. The van der Waals surface area contributed by atoms with Gasteiger partial charge in [-0.2, -0.15) is 0 Å². The predicted octanol–water partition coefficient (Wildman–Crippen LogP) is 2.33. The Morgan fingerprint density at radius 1 is 1.69 bits per heavy atom. The predicted molar refractivity (Wildman–Crippen MR) is 61.5 cm³/mol. The standard InChI is InChI=1S/C11H12ClNO3/c1-16-8-3-2-7(12)10-6(4-9(14)15)5-13-11(8)10/h2-3,6,13H,4-5H2,1H3,(H,14,15). The molecule has 1 unspecified atom stereocenters. The number of anilines is 1. The second-order valence-electron chi connectivity index (χ2n) is 3.71. The zero-order valence-electron chi connectivity index (χ0n) is 8.79. The van der Waals surface area contributed by atoms with E-state index in [1.807, 2.05) is 0 Å². The normalized spacial score (nSPS) is 17.8. The van der Waals surface area contributed by atoms with E-state index in [9.17, 15) is 4.79 Å². The van der Waals surface area contributed by atoms with Crippen molar-refractivity contribution in [2.45, 2.75) is 12.3 Å². The van der Waals surface area contributed by atoms with E-state index in [-0.39, 0.29) is 12.3 Å². The van der Waals surface area contributed by atoms with Crippen LogP contribution in [-0.2, 0) is 4.79 Å². The number of aliphatic carboxylic acids is 1. The third-order valence-corrected chi connectivity index (χ3v) is 3.06. The molecule has 0 saturated heterocycles. The van der Waals surface area contributed by atoms with E-state index in [0.717, 1.165) is 11.3 Å². The van der Waals surface area contributed by atoms with Gasteiger partial charge in [0.15, 0.2) is 0 Å². The summed E-state index contributed by atoms with van der Waals surface area (Å²) >= 11 is 6.09. The molecule has 4 nitrogen and oxygen atoms in total. The number of ether oxygens (including phenoxy) is 1. The molecule has 86 valence electrons. The van der Waals surface area contributed by atoms with E-state index in [4.69, 9.17) is 21.4 Å². The summed E-state index contributed by atoms with van der Waals surface area (Å²) in [7, 11) is 1.58. The third kappa shape index (κ3) is 1.80. The minimum atomic E-state index is -0.821. The van der Waals surface area contributed by atoms with Crippen LogP contribution in [0.1, 0.15) is 17.9 Å². The van der Waals surface area contributed by atoms with Crippen LogP contribution in [0.15, 0.2) is 12.1 Å². The van der Waals surface area contributed by atoms with Crippen LogP contribution in [0.3, 0.4) is 0 Å². The molecule has 16 heavy (non-hydrogen) atoms. The summed E-state index contributed by atoms with van der Waals surface area (Å²) in [4.78, 5) is 10.7. The number of carbonyl (C=O) groups is 1. The fourth-order valence-electron chi connectivity index (χ4n) is 2.04. The first-order valence-corrected chi connectivity index (χ1v) is 5.33. The molecule has 0 spiro atoms. The van der Waals surface area contributed by atoms with Crippen molar-refractivity contribution in [2.75, 3.05) is 19.0 Å². The number of hydrogen-bond donors (Lipinski definition) is 2. The Morgan fingerprint density at radius 2 is 2.44 bits per heavy atom. The first kappa shape index (κ1) is 11.1. The van der Waals surface area contributed by atoms with Crippen LogP contribution in [0.2, 0.25) is 5.02 Å². The highest BCUT2D eigenvalue weighted by Gasteiger charge is 2.29. The number of fused-ring (bicyclic) bond motifs is 1. The lowest BCUT2D eigenvalue weighted by molar-refractivity contribution is -0.137. The van der Waals surface area contributed by atoms with Gasteiger partial charge in [-0.05, 0) is 12.1 Å². The number of rotatable bonds is 3. The summed E-state index contributed by atoms with van der Waals surface area (Å²) in [6.45, 7) is 0.585. The topological polar surface area (TPSA) is 58.6 Å². The summed E-state index contributed by atoms with van der Waals surface area (Å²) in [6, 6.07) is 3.51. The van der Waals surface area contributed by atoms with Crippen LogP contribution in [0.25, 0.3) is 0 Å². The van der Waals surface area contributed by atoms with Gasteiger partial charge in [-0.15, -0.1) is 0 Å². The molecular weight excluding hydrogens is 230 g/mol. The van der Waals surface area contributed by atoms with Crippen molar-refractivity contribution >= 4 is 23.3 Å². The number of carboxylic acids is 1. The Labute approximate surface area is 98.2 Å². The number of carboxylic acid groups (broad SMARTS) is 1. The molecule has 0 aliphatic carbocycles. The molecule has 0 amide bonds. The van der Waals surface area contributed by atoms with E-state index in [1.165, 1.54) is 0 Å². The molecule has 5 heteroatoms. The smallest absolute Gasteiger partial charge is 0.304 e. The van der Waals surface area contributed by atoms with Gasteiger partial charge >= 0.3 is 5.97 Å². The summed E-state index contributed by atoms with van der Waals surface area (Å²) in [6.07, 6.45) is 0.0763. The van der Waals surface area contributed by atoms with Crippen molar-refractivity contribution in [1.82, 2.24) is 0 Å². The average Bonchev–Trinajstić information content (AvgIpc) is 2.63. The Morgan fingerprint density at radius 3 is 3.06 bits per heavy atom. The molecule has 1 atom stereocenters. The molecule has 0 radical (unpaired) electrons. The zero-order valence-corrected chi connectivity index (χ0v) is 9.54. The Hall–Kier alpha value is -1.42. The van der Waals surface area contributed by atoms with Gasteiger partial charge in [0.1, 0.15) is 5.75 Å². The lowest BCUT2D eigenvalue weighted by Crippen LogP contribution is -2.08. The largest absolute Gasteiger partial charge is 0.495 e. The number of nitrogens with one attached hydrogen (secondary N) is 1. The van der Waals surface area contributed by atoms with Crippen molar-refractivity contribution < 1.29 is 14.6 Å². The van der Waals surface area contributed by atoms with Gasteiger partial charge in [0, 0.05) is 23.0 Å². The van der Waals surface area contributed by atoms with Crippen LogP contribution < -0.4 is 10.1 Å². The highest BCUT2D eigenvalue weighted by atomic mass is 35.5. The maximum Gasteiger partial charge on any atom is 0.304 e. The van der Waals surface area contributed by atoms with Gasteiger partial charge in [-0.25, -0.2) is 0 Å². The van der Waals surface area contributed by atoms with E-state index < -0.39 is 5.97 Å². The first-order chi connectivity index (χ1) is 7.63. The molecule has 0 bridgehead atoms. The van der Waals surface area contributed by atoms with Crippen LogP contribution in [0.5, 0.6) is 5.75 Å². The average molecular weight is 242 g/mol. The summed E-state index contributed by atoms with van der Waals surface area (Å²) < 4.78 is 5.20. The number of hydrogen-bond acceptors (Lipinski definition) is 3. The van der Waals surface area contributed by atoms with Crippen molar-refractivity contribution in [3.05, 3.63) is 22.7 Å². The fraction of sp³-hybridized carbons (Fsp3) is 0.364. The van der Waals surface area contributed by atoms with Crippen molar-refractivity contribution in [3.63, 3.8) is 0 Å². The van der Waals surface area contributed by atoms with E-state index in [2.05, 4.69) is 5.32 Å². The minimum absolute atomic E-state index is 0.0763. The van der Waals surface area contributed by atoms with Crippen LogP contribution in [0.4, 0.5) is 5.69 Å².